The summed E-state index contributed by atoms with van der Waals surface area (Å²) in [7, 11) is 0. The Balaban J connectivity index is 1.79. The minimum absolute atomic E-state index is 0.162. The van der Waals surface area contributed by atoms with E-state index in [2.05, 4.69) is 54.9 Å². The third-order valence-electron chi connectivity index (χ3n) is 4.80. The summed E-state index contributed by atoms with van der Waals surface area (Å²) in [6, 6.07) is 11.4. The van der Waals surface area contributed by atoms with Gasteiger partial charge in [0.1, 0.15) is 5.60 Å². The van der Waals surface area contributed by atoms with Gasteiger partial charge in [0.15, 0.2) is 0 Å². The molecule has 0 aliphatic carbocycles. The Hall–Kier alpha value is -1.97. The van der Waals surface area contributed by atoms with Crippen LogP contribution in [0.4, 0.5) is 4.79 Å². The van der Waals surface area contributed by atoms with Gasteiger partial charge in [0, 0.05) is 29.8 Å². The predicted octanol–water partition coefficient (Wildman–Crippen LogP) is 4.99. The molecule has 4 heteroatoms. The number of piperidine rings is 1. The second kappa shape index (κ2) is 6.15. The number of hydrogen-bond acceptors (Lipinski definition) is 2. The number of nitrogens with zero attached hydrogens (tertiary/aromatic N) is 2. The SMILES string of the molecule is CC1CC(n2ccc3ccccc32)CC(C)N1C(=O)OC(C)(C)C. The normalized spacial score (nSPS) is 25.0. The van der Waals surface area contributed by atoms with E-state index < -0.39 is 5.60 Å². The Morgan fingerprint density at radius 1 is 1.08 bits per heavy atom. The van der Waals surface area contributed by atoms with Crippen molar-refractivity contribution in [3.63, 3.8) is 0 Å². The van der Waals surface area contributed by atoms with Crippen LogP contribution in [0, 0.1) is 0 Å². The number of fused-ring (bicyclic) bond motifs is 1. The first kappa shape index (κ1) is 16.9. The molecule has 2 unspecified atom stereocenters. The molecule has 1 saturated heterocycles. The molecule has 2 heterocycles. The number of rotatable bonds is 1. The minimum atomic E-state index is -0.454. The first-order valence-electron chi connectivity index (χ1n) is 8.83. The van der Waals surface area contributed by atoms with Gasteiger partial charge >= 0.3 is 6.09 Å². The van der Waals surface area contributed by atoms with Gasteiger partial charge in [0.25, 0.3) is 0 Å². The highest BCUT2D eigenvalue weighted by Gasteiger charge is 2.37. The molecule has 1 aromatic carbocycles. The molecule has 1 aliphatic rings. The van der Waals surface area contributed by atoms with Crippen LogP contribution in [0.5, 0.6) is 0 Å². The number of ether oxygens (including phenoxy) is 1. The monoisotopic (exact) mass is 328 g/mol. The topological polar surface area (TPSA) is 34.5 Å². The van der Waals surface area contributed by atoms with Gasteiger partial charge in [-0.1, -0.05) is 18.2 Å². The van der Waals surface area contributed by atoms with Crippen molar-refractivity contribution >= 4 is 17.0 Å². The van der Waals surface area contributed by atoms with Crippen LogP contribution in [0.1, 0.15) is 53.5 Å². The van der Waals surface area contributed by atoms with Crippen molar-refractivity contribution in [3.8, 4) is 0 Å². The molecule has 0 spiro atoms. The predicted molar refractivity (Wildman–Crippen MR) is 97.2 cm³/mol. The smallest absolute Gasteiger partial charge is 0.410 e. The number of amides is 1. The Labute approximate surface area is 144 Å². The highest BCUT2D eigenvalue weighted by Crippen LogP contribution is 2.34. The number of para-hydroxylation sites is 1. The van der Waals surface area contributed by atoms with Crippen LogP contribution in [0.15, 0.2) is 36.5 Å². The second-order valence-electron chi connectivity index (χ2n) is 7.99. The summed E-state index contributed by atoms with van der Waals surface area (Å²) < 4.78 is 7.96. The molecular formula is C20H28N2O2. The molecule has 4 nitrogen and oxygen atoms in total. The fourth-order valence-electron chi connectivity index (χ4n) is 3.87. The molecule has 2 atom stereocenters. The molecule has 24 heavy (non-hydrogen) atoms. The molecule has 1 fully saturated rings. The highest BCUT2D eigenvalue weighted by atomic mass is 16.6. The summed E-state index contributed by atoms with van der Waals surface area (Å²) in [5.41, 5.74) is 0.817. The summed E-state index contributed by atoms with van der Waals surface area (Å²) in [5.74, 6) is 0. The van der Waals surface area contributed by atoms with Gasteiger partial charge in [-0.2, -0.15) is 0 Å². The number of benzene rings is 1. The van der Waals surface area contributed by atoms with E-state index in [0.29, 0.717) is 6.04 Å². The average molecular weight is 328 g/mol. The zero-order valence-corrected chi connectivity index (χ0v) is 15.3. The quantitative estimate of drug-likeness (QED) is 0.739. The molecule has 0 N–H and O–H groups in total. The first-order chi connectivity index (χ1) is 11.3. The maximum absolute atomic E-state index is 12.5. The van der Waals surface area contributed by atoms with E-state index in [9.17, 15) is 4.79 Å². The number of hydrogen-bond donors (Lipinski definition) is 0. The van der Waals surface area contributed by atoms with Crippen LogP contribution in [0.3, 0.4) is 0 Å². The Morgan fingerprint density at radius 2 is 1.71 bits per heavy atom. The first-order valence-corrected chi connectivity index (χ1v) is 8.83. The average Bonchev–Trinajstić information content (AvgIpc) is 2.88. The van der Waals surface area contributed by atoms with Crippen molar-refractivity contribution < 1.29 is 9.53 Å². The lowest BCUT2D eigenvalue weighted by molar-refractivity contribution is -0.00588. The van der Waals surface area contributed by atoms with Crippen molar-refractivity contribution in [3.05, 3.63) is 36.5 Å². The van der Waals surface area contributed by atoms with Crippen molar-refractivity contribution in [2.24, 2.45) is 0 Å². The third kappa shape index (κ3) is 3.28. The largest absolute Gasteiger partial charge is 0.444 e. The van der Waals surface area contributed by atoms with Gasteiger partial charge in [0.2, 0.25) is 0 Å². The molecule has 130 valence electrons. The number of carbonyl (C=O) groups excluding carboxylic acids is 1. The number of likely N-dealkylation sites (tertiary alicyclic amines) is 1. The Kier molecular flexibility index (Phi) is 4.33. The summed E-state index contributed by atoms with van der Waals surface area (Å²) in [4.78, 5) is 14.4. The van der Waals surface area contributed by atoms with Gasteiger partial charge in [-0.05, 0) is 65.0 Å². The van der Waals surface area contributed by atoms with Gasteiger partial charge in [-0.3, -0.25) is 0 Å². The van der Waals surface area contributed by atoms with E-state index in [1.807, 2.05) is 25.7 Å². The summed E-state index contributed by atoms with van der Waals surface area (Å²) in [5, 5.41) is 1.27. The van der Waals surface area contributed by atoms with Gasteiger partial charge in [-0.25, -0.2) is 4.79 Å². The summed E-state index contributed by atoms with van der Waals surface area (Å²) in [6.45, 7) is 9.99. The zero-order chi connectivity index (χ0) is 17.5. The Morgan fingerprint density at radius 3 is 2.33 bits per heavy atom. The molecule has 1 amide bonds. The molecular weight excluding hydrogens is 300 g/mol. The van der Waals surface area contributed by atoms with Crippen LogP contribution in [0.25, 0.3) is 10.9 Å². The molecule has 0 bridgehead atoms. The maximum Gasteiger partial charge on any atom is 0.410 e. The molecule has 0 radical (unpaired) electrons. The molecule has 1 aromatic heterocycles. The number of aromatic nitrogens is 1. The van der Waals surface area contributed by atoms with Crippen LogP contribution in [0.2, 0.25) is 0 Å². The van der Waals surface area contributed by atoms with E-state index >= 15 is 0 Å². The number of carbonyl (C=O) groups is 1. The zero-order valence-electron chi connectivity index (χ0n) is 15.3. The minimum Gasteiger partial charge on any atom is -0.444 e. The second-order valence-corrected chi connectivity index (χ2v) is 7.99. The lowest BCUT2D eigenvalue weighted by Crippen LogP contribution is -2.51. The molecule has 1 aliphatic heterocycles. The van der Waals surface area contributed by atoms with Gasteiger partial charge < -0.3 is 14.2 Å². The fraction of sp³-hybridized carbons (Fsp3) is 0.550. The van der Waals surface area contributed by atoms with Gasteiger partial charge in [-0.15, -0.1) is 0 Å². The van der Waals surface area contributed by atoms with E-state index in [0.717, 1.165) is 12.8 Å². The van der Waals surface area contributed by atoms with E-state index in [-0.39, 0.29) is 18.2 Å². The third-order valence-corrected chi connectivity index (χ3v) is 4.80. The van der Waals surface area contributed by atoms with Crippen LogP contribution in [-0.2, 0) is 4.74 Å². The van der Waals surface area contributed by atoms with Crippen molar-refractivity contribution in [2.75, 3.05) is 0 Å². The summed E-state index contributed by atoms with van der Waals surface area (Å²) >= 11 is 0. The van der Waals surface area contributed by atoms with Crippen molar-refractivity contribution in [1.29, 1.82) is 0 Å². The standard InChI is InChI=1S/C20H28N2O2/c1-14-12-17(21-11-10-16-8-6-7-9-18(16)21)13-15(2)22(14)19(23)24-20(3,4)5/h6-11,14-15,17H,12-13H2,1-5H3. The van der Waals surface area contributed by atoms with E-state index in [1.54, 1.807) is 0 Å². The lowest BCUT2D eigenvalue weighted by atomic mass is 9.93. The molecule has 3 rings (SSSR count). The van der Waals surface area contributed by atoms with Crippen LogP contribution >= 0.6 is 0 Å². The maximum atomic E-state index is 12.5. The van der Waals surface area contributed by atoms with Crippen LogP contribution in [-0.4, -0.2) is 33.2 Å². The van der Waals surface area contributed by atoms with Crippen molar-refractivity contribution in [2.45, 2.75) is 71.2 Å². The fourth-order valence-corrected chi connectivity index (χ4v) is 3.87. The highest BCUT2D eigenvalue weighted by molar-refractivity contribution is 5.80. The molecule has 0 saturated carbocycles. The van der Waals surface area contributed by atoms with Gasteiger partial charge in [0.05, 0.1) is 0 Å². The lowest BCUT2D eigenvalue weighted by Gasteiger charge is -2.43. The van der Waals surface area contributed by atoms with Crippen LogP contribution < -0.4 is 0 Å². The molecule has 2 aromatic rings. The van der Waals surface area contributed by atoms with Crippen molar-refractivity contribution in [1.82, 2.24) is 9.47 Å². The van der Waals surface area contributed by atoms with E-state index in [1.165, 1.54) is 10.9 Å². The summed E-state index contributed by atoms with van der Waals surface area (Å²) in [6.07, 6.45) is 3.88. The van der Waals surface area contributed by atoms with E-state index in [4.69, 9.17) is 4.74 Å². The Bertz CT molecular complexity index is 717.